The highest BCUT2D eigenvalue weighted by Gasteiger charge is 2.31. The molecule has 4 rings (SSSR count). The summed E-state index contributed by atoms with van der Waals surface area (Å²) in [4.78, 5) is 14.4. The second-order valence-electron chi connectivity index (χ2n) is 5.34. The summed E-state index contributed by atoms with van der Waals surface area (Å²) in [5.74, 6) is 1.43. The van der Waals surface area contributed by atoms with Gasteiger partial charge in [-0.05, 0) is 29.8 Å². The molecule has 2 aliphatic rings. The summed E-state index contributed by atoms with van der Waals surface area (Å²) >= 11 is 3.49. The van der Waals surface area contributed by atoms with Gasteiger partial charge in [-0.15, -0.1) is 0 Å². The molecular formula is C16H13BrN2O3. The maximum atomic E-state index is 12.6. The summed E-state index contributed by atoms with van der Waals surface area (Å²) in [5.41, 5.74) is 9.04. The quantitative estimate of drug-likeness (QED) is 0.836. The Morgan fingerprint density at radius 2 is 2.00 bits per heavy atom. The topological polar surface area (TPSA) is 64.8 Å². The molecule has 2 aliphatic heterocycles. The lowest BCUT2D eigenvalue weighted by Gasteiger charge is -2.16. The Bertz CT molecular complexity index is 791. The second kappa shape index (κ2) is 4.91. The van der Waals surface area contributed by atoms with Gasteiger partial charge in [0.2, 0.25) is 6.79 Å². The minimum atomic E-state index is -0.0357. The Morgan fingerprint density at radius 3 is 2.82 bits per heavy atom. The minimum Gasteiger partial charge on any atom is -0.454 e. The van der Waals surface area contributed by atoms with Crippen LogP contribution in [-0.4, -0.2) is 17.6 Å². The molecule has 0 aromatic heterocycles. The first-order valence-electron chi connectivity index (χ1n) is 6.88. The Morgan fingerprint density at radius 1 is 1.18 bits per heavy atom. The number of fused-ring (bicyclic) bond motifs is 2. The lowest BCUT2D eigenvalue weighted by atomic mass is 10.1. The van der Waals surface area contributed by atoms with E-state index in [0.29, 0.717) is 24.3 Å². The first-order chi connectivity index (χ1) is 10.6. The fourth-order valence-electron chi connectivity index (χ4n) is 2.86. The SMILES string of the molecule is Nc1ccc(Br)c2c1C(=O)N(Cc1ccc3c(c1)OCO3)C2. The van der Waals surface area contributed by atoms with Crippen molar-refractivity contribution in [2.24, 2.45) is 0 Å². The number of nitrogen functional groups attached to an aromatic ring is 1. The predicted octanol–water partition coefficient (Wildman–Crippen LogP) is 2.92. The number of nitrogens with two attached hydrogens (primary N) is 1. The van der Waals surface area contributed by atoms with E-state index in [1.807, 2.05) is 24.3 Å². The Balaban J connectivity index is 1.62. The number of nitrogens with zero attached hydrogens (tertiary/aromatic N) is 1. The maximum absolute atomic E-state index is 12.6. The molecule has 0 fully saturated rings. The van der Waals surface area contributed by atoms with E-state index in [9.17, 15) is 4.79 Å². The third-order valence-corrected chi connectivity index (χ3v) is 4.69. The van der Waals surface area contributed by atoms with Crippen LogP contribution in [0.25, 0.3) is 0 Å². The lowest BCUT2D eigenvalue weighted by molar-refractivity contribution is 0.0767. The minimum absolute atomic E-state index is 0.0357. The summed E-state index contributed by atoms with van der Waals surface area (Å²) < 4.78 is 11.6. The van der Waals surface area contributed by atoms with Gasteiger partial charge in [-0.1, -0.05) is 22.0 Å². The highest BCUT2D eigenvalue weighted by molar-refractivity contribution is 9.10. The number of benzene rings is 2. The largest absolute Gasteiger partial charge is 0.454 e. The summed E-state index contributed by atoms with van der Waals surface area (Å²) in [5, 5.41) is 0. The second-order valence-corrected chi connectivity index (χ2v) is 6.19. The number of ether oxygens (including phenoxy) is 2. The van der Waals surface area contributed by atoms with Gasteiger partial charge in [-0.2, -0.15) is 0 Å². The van der Waals surface area contributed by atoms with Gasteiger partial charge in [0.05, 0.1) is 5.56 Å². The van der Waals surface area contributed by atoms with Crippen LogP contribution in [0.2, 0.25) is 0 Å². The molecule has 1 amide bonds. The van der Waals surface area contributed by atoms with Crippen LogP contribution in [-0.2, 0) is 13.1 Å². The van der Waals surface area contributed by atoms with Crippen LogP contribution in [0, 0.1) is 0 Å². The highest BCUT2D eigenvalue weighted by Crippen LogP contribution is 2.36. The molecule has 0 aliphatic carbocycles. The molecule has 112 valence electrons. The van der Waals surface area contributed by atoms with Gasteiger partial charge in [0, 0.05) is 28.8 Å². The van der Waals surface area contributed by atoms with Gasteiger partial charge in [0.1, 0.15) is 0 Å². The predicted molar refractivity (Wildman–Crippen MR) is 84.7 cm³/mol. The summed E-state index contributed by atoms with van der Waals surface area (Å²) in [6, 6.07) is 9.37. The van der Waals surface area contributed by atoms with Gasteiger partial charge in [-0.25, -0.2) is 0 Å². The number of hydrogen-bond acceptors (Lipinski definition) is 4. The van der Waals surface area contributed by atoms with Gasteiger partial charge < -0.3 is 20.1 Å². The van der Waals surface area contributed by atoms with E-state index < -0.39 is 0 Å². The average Bonchev–Trinajstić information content (AvgIpc) is 3.09. The standard InChI is InChI=1S/C16H13BrN2O3/c17-11-2-3-12(18)15-10(11)7-19(16(15)20)6-9-1-4-13-14(5-9)22-8-21-13/h1-5H,6-8,18H2. The number of anilines is 1. The zero-order chi connectivity index (χ0) is 15.3. The van der Waals surface area contributed by atoms with Crippen molar-refractivity contribution >= 4 is 27.5 Å². The molecule has 22 heavy (non-hydrogen) atoms. The van der Waals surface area contributed by atoms with Crippen molar-refractivity contribution in [2.75, 3.05) is 12.5 Å². The van der Waals surface area contributed by atoms with Crippen molar-refractivity contribution in [1.82, 2.24) is 4.90 Å². The van der Waals surface area contributed by atoms with Gasteiger partial charge in [-0.3, -0.25) is 4.79 Å². The monoisotopic (exact) mass is 360 g/mol. The molecule has 5 nitrogen and oxygen atoms in total. The van der Waals surface area contributed by atoms with E-state index in [1.165, 1.54) is 0 Å². The summed E-state index contributed by atoms with van der Waals surface area (Å²) in [7, 11) is 0. The van der Waals surface area contributed by atoms with E-state index in [2.05, 4.69) is 15.9 Å². The van der Waals surface area contributed by atoms with Crippen molar-refractivity contribution in [3.8, 4) is 11.5 Å². The number of amides is 1. The third kappa shape index (κ3) is 2.02. The van der Waals surface area contributed by atoms with Crippen molar-refractivity contribution < 1.29 is 14.3 Å². The Kier molecular flexibility index (Phi) is 3.00. The number of carbonyl (C=O) groups excluding carboxylic acids is 1. The first kappa shape index (κ1) is 13.5. The molecule has 0 spiro atoms. The molecular weight excluding hydrogens is 348 g/mol. The molecule has 6 heteroatoms. The molecule has 2 heterocycles. The molecule has 0 bridgehead atoms. The molecule has 0 radical (unpaired) electrons. The molecule has 2 N–H and O–H groups in total. The van der Waals surface area contributed by atoms with Crippen molar-refractivity contribution in [2.45, 2.75) is 13.1 Å². The van der Waals surface area contributed by atoms with Gasteiger partial charge >= 0.3 is 0 Å². The fourth-order valence-corrected chi connectivity index (χ4v) is 3.31. The van der Waals surface area contributed by atoms with E-state index in [0.717, 1.165) is 27.1 Å². The van der Waals surface area contributed by atoms with E-state index in [1.54, 1.807) is 11.0 Å². The molecule has 2 aromatic carbocycles. The molecule has 2 aromatic rings. The van der Waals surface area contributed by atoms with Crippen molar-refractivity contribution in [1.29, 1.82) is 0 Å². The zero-order valence-electron chi connectivity index (χ0n) is 11.6. The van der Waals surface area contributed by atoms with E-state index >= 15 is 0 Å². The summed E-state index contributed by atoms with van der Waals surface area (Å²) in [6.45, 7) is 1.31. The van der Waals surface area contributed by atoms with Crippen LogP contribution >= 0.6 is 15.9 Å². The van der Waals surface area contributed by atoms with Crippen LogP contribution in [0.4, 0.5) is 5.69 Å². The molecule has 0 saturated carbocycles. The Hall–Kier alpha value is -2.21. The van der Waals surface area contributed by atoms with Crippen molar-refractivity contribution in [3.05, 3.63) is 51.5 Å². The van der Waals surface area contributed by atoms with Crippen LogP contribution < -0.4 is 15.2 Å². The third-order valence-electron chi connectivity index (χ3n) is 3.95. The summed E-state index contributed by atoms with van der Waals surface area (Å²) in [6.07, 6.45) is 0. The fraction of sp³-hybridized carbons (Fsp3) is 0.188. The van der Waals surface area contributed by atoms with Crippen LogP contribution in [0.5, 0.6) is 11.5 Å². The number of carbonyl (C=O) groups is 1. The zero-order valence-corrected chi connectivity index (χ0v) is 13.2. The molecule has 0 saturated heterocycles. The average molecular weight is 361 g/mol. The van der Waals surface area contributed by atoms with Crippen molar-refractivity contribution in [3.63, 3.8) is 0 Å². The highest BCUT2D eigenvalue weighted by atomic mass is 79.9. The lowest BCUT2D eigenvalue weighted by Crippen LogP contribution is -2.23. The number of rotatable bonds is 2. The van der Waals surface area contributed by atoms with Gasteiger partial charge in [0.15, 0.2) is 11.5 Å². The smallest absolute Gasteiger partial charge is 0.256 e. The number of hydrogen-bond donors (Lipinski definition) is 1. The van der Waals surface area contributed by atoms with E-state index in [4.69, 9.17) is 15.2 Å². The maximum Gasteiger partial charge on any atom is 0.256 e. The number of halogens is 1. The van der Waals surface area contributed by atoms with Crippen LogP contribution in [0.1, 0.15) is 21.5 Å². The Labute approximate surface area is 135 Å². The van der Waals surface area contributed by atoms with Crippen LogP contribution in [0.3, 0.4) is 0 Å². The first-order valence-corrected chi connectivity index (χ1v) is 7.67. The van der Waals surface area contributed by atoms with Gasteiger partial charge in [0.25, 0.3) is 5.91 Å². The molecule has 0 unspecified atom stereocenters. The van der Waals surface area contributed by atoms with Crippen LogP contribution in [0.15, 0.2) is 34.8 Å². The van der Waals surface area contributed by atoms with E-state index in [-0.39, 0.29) is 12.7 Å². The molecule has 0 atom stereocenters. The normalized spacial score (nSPS) is 15.3.